The molecule has 802 valence electrons. The van der Waals surface area contributed by atoms with E-state index in [9.17, 15) is 67.7 Å². The highest BCUT2D eigenvalue weighted by Crippen LogP contribution is 2.56. The summed E-state index contributed by atoms with van der Waals surface area (Å²) in [5, 5.41) is 18.9. The normalized spacial score (nSPS) is 34.0. The summed E-state index contributed by atoms with van der Waals surface area (Å²) in [4.78, 5) is 142. The molecule has 17 aliphatic rings. The minimum Gasteiger partial charge on any atom is -0.469 e. The molecule has 5 aliphatic carbocycles. The first kappa shape index (κ1) is 132. The fourth-order valence-corrected chi connectivity index (χ4v) is 18.1. The van der Waals surface area contributed by atoms with Crippen LogP contribution in [0.4, 0.5) is 0 Å². The van der Waals surface area contributed by atoms with Crippen LogP contribution >= 0.6 is 0 Å². The van der Waals surface area contributed by atoms with E-state index in [1.54, 1.807) is 55.4 Å². The number of hydrogen-bond donors (Lipinski definition) is 2. The van der Waals surface area contributed by atoms with E-state index in [2.05, 4.69) is 4.74 Å². The maximum atomic E-state index is 12.3. The molecule has 0 aromatic rings. The number of methoxy groups -OCH3 is 1. The highest BCUT2D eigenvalue weighted by Gasteiger charge is 2.69. The summed E-state index contributed by atoms with van der Waals surface area (Å²) >= 11 is 0. The van der Waals surface area contributed by atoms with Gasteiger partial charge in [-0.05, 0) is 219 Å². The van der Waals surface area contributed by atoms with Crippen molar-refractivity contribution in [2.45, 2.75) is 503 Å². The quantitative estimate of drug-likeness (QED) is 0.101. The third-order valence-electron chi connectivity index (χ3n) is 28.6. The summed E-state index contributed by atoms with van der Waals surface area (Å²) in [6.07, 6.45) is 1.24. The predicted molar refractivity (Wildman–Crippen MR) is 510 cm³/mol. The first-order chi connectivity index (χ1) is 58.3. The topological polar surface area (TPSA) is 439 Å². The zero-order valence-electron chi connectivity index (χ0n) is 76.9. The number of esters is 12. The van der Waals surface area contributed by atoms with E-state index >= 15 is 0 Å². The second-order valence-corrected chi connectivity index (χ2v) is 40.6. The Hall–Kier alpha value is -6.80. The van der Waals surface area contributed by atoms with Gasteiger partial charge in [-0.1, -0.05) is 137 Å². The van der Waals surface area contributed by atoms with Gasteiger partial charge in [0, 0.05) is 30.6 Å². The second-order valence-electron chi connectivity index (χ2n) is 40.6. The van der Waals surface area contributed by atoms with E-state index < -0.39 is 191 Å². The van der Waals surface area contributed by atoms with Gasteiger partial charge in [-0.2, -0.15) is 0 Å². The number of rotatable bonds is 17. The molecule has 0 radical (unpaired) electrons. The third kappa shape index (κ3) is 28.0. The van der Waals surface area contributed by atoms with Crippen LogP contribution < -0.4 is 0 Å². The largest absolute Gasteiger partial charge is 0.469 e. The van der Waals surface area contributed by atoms with E-state index in [1.165, 1.54) is 32.8 Å². The van der Waals surface area contributed by atoms with E-state index in [0.717, 1.165) is 63.9 Å². The summed E-state index contributed by atoms with van der Waals surface area (Å²) in [7, 11) is 1.42. The summed E-state index contributed by atoms with van der Waals surface area (Å²) < 4.78 is 115. The SMILES string of the molecule is C.C.C.C.C.C.C.C.C.C.C.C.CCC(C)(C)C(=O)OC.CCC(C)(C)C(=O)OC1C(=O)OC2C(O)C(O)OC12.CCC(C)(C)C(=O)OC1C(=O)OC2C1CC1OC(C)(C)OC12.CCC(C)(C)C(=O)OC1C(=O)OC2C3OC(C)(C)OC3OC12.CCC(C)(C)C(=O)OC1C(=O)OC2C3OC4(CCCCC4)OC3OC12.CCC(C)(C)C(=O)OC1C(=O)OC2CCCC21.O=C1OCC2C3CCC(C3)C12. The van der Waals surface area contributed by atoms with E-state index in [0.29, 0.717) is 56.3 Å². The number of fused-ring (bicyclic) bond motifs is 16. The molecule has 1 spiro atoms. The van der Waals surface area contributed by atoms with Gasteiger partial charge in [0.15, 0.2) is 66.8 Å². The van der Waals surface area contributed by atoms with Crippen LogP contribution in [0.15, 0.2) is 0 Å². The molecule has 17 fully saturated rings. The lowest BCUT2D eigenvalue weighted by Gasteiger charge is -2.33. The molecule has 35 nitrogen and oxygen atoms in total. The standard InChI is InChI=1S/C18H26O7.C16H24O6.C15H22O7.C13H20O4.C12H18O7.C9H12O2.C7H14O2.12CH4/c1-4-17(2,3)16(20)23-12-10-11(21-14(12)19)13-15(22-10)25-18(24-13)8-6-5-7-9-18;1-6-15(2,3)14(18)20-11-8-7-9-12(10(8)19-13(11)17)22-16(4,5)21-9;1-6-14(2,3)13(17)20-9-7-8(18-11(9)16)10-12(19-7)22-15(4,5)21-10;1-4-13(2,3)12(15)17-10-8-6-5-7-9(8)16-11(10)14;1-4-12(2,3)11(16)19-8-7-6(17-10(8)15)5(13)9(14)18-7;10-9-8-6-2-1-5(3-6)7(8)4-11-9;1-5-7(2,3)6(8)9-4;;;;;;;;;;;;/h10-13,15H,4-9H2,1-3H3;8-12H,6-7H2,1-5H3;7-10,12H,6H2,1-5H3;8-10H,4-7H2,1-3H3;5-9,13-14H,4H2,1-3H3;5-8H,1-4H2;5H2,1-4H3;12*1H4. The van der Waals surface area contributed by atoms with Crippen molar-refractivity contribution in [3.63, 3.8) is 0 Å². The van der Waals surface area contributed by atoms with Crippen molar-refractivity contribution in [1.82, 2.24) is 0 Å². The second kappa shape index (κ2) is 50.9. The van der Waals surface area contributed by atoms with Crippen molar-refractivity contribution < 1.29 is 167 Å². The third-order valence-corrected chi connectivity index (χ3v) is 28.6. The number of carbonyl (C=O) groups excluding carboxylic acids is 12. The lowest BCUT2D eigenvalue weighted by atomic mass is 9.81. The number of ether oxygens (including phenoxy) is 21. The molecule has 17 rings (SSSR count). The van der Waals surface area contributed by atoms with Gasteiger partial charge in [0.25, 0.3) is 0 Å². The summed E-state index contributed by atoms with van der Waals surface area (Å²) in [6, 6.07) is 0. The van der Waals surface area contributed by atoms with Crippen LogP contribution in [0.25, 0.3) is 0 Å². The minimum atomic E-state index is -1.44. The summed E-state index contributed by atoms with van der Waals surface area (Å²) in [5.41, 5.74) is -3.50. The molecule has 5 saturated carbocycles. The fourth-order valence-electron chi connectivity index (χ4n) is 18.1. The van der Waals surface area contributed by atoms with E-state index in [-0.39, 0.29) is 161 Å². The predicted octanol–water partition coefficient (Wildman–Crippen LogP) is 16.8. The Labute approximate surface area is 820 Å². The maximum absolute atomic E-state index is 12.3. The Balaban J connectivity index is 0. The van der Waals surface area contributed by atoms with Gasteiger partial charge >= 0.3 is 71.6 Å². The zero-order chi connectivity index (χ0) is 92.3. The number of carbonyl (C=O) groups is 12. The highest BCUT2D eigenvalue weighted by molar-refractivity contribution is 5.87. The van der Waals surface area contributed by atoms with E-state index in [4.69, 9.17) is 94.7 Å². The molecule has 0 amide bonds. The first-order valence-corrected chi connectivity index (χ1v) is 45.0. The molecule has 2 bridgehead atoms. The average Bonchev–Trinajstić information content (AvgIpc) is 1.58. The number of aliphatic hydroxyl groups excluding tert-OH is 2. The smallest absolute Gasteiger partial charge is 0.350 e. The summed E-state index contributed by atoms with van der Waals surface area (Å²) in [5.74, 6) is -4.57. The van der Waals surface area contributed by atoms with Crippen LogP contribution in [0.3, 0.4) is 0 Å². The van der Waals surface area contributed by atoms with Crippen LogP contribution in [-0.4, -0.2) is 242 Å². The maximum Gasteiger partial charge on any atom is 0.350 e. The first-order valence-electron chi connectivity index (χ1n) is 45.0. The van der Waals surface area contributed by atoms with Gasteiger partial charge < -0.3 is 110 Å². The zero-order valence-corrected chi connectivity index (χ0v) is 76.9. The lowest BCUT2D eigenvalue weighted by Crippen LogP contribution is -2.41. The van der Waals surface area contributed by atoms with Gasteiger partial charge in [0.1, 0.15) is 42.7 Å². The molecular weight excluding hydrogens is 1790 g/mol. The molecule has 12 saturated heterocycles. The fraction of sp³-hybridized carbons (Fsp3) is 0.882. The Morgan fingerprint density at radius 3 is 1.12 bits per heavy atom. The molecule has 0 aromatic heterocycles. The number of hydrogen-bond acceptors (Lipinski definition) is 35. The Morgan fingerprint density at radius 2 is 0.693 bits per heavy atom. The highest BCUT2D eigenvalue weighted by atomic mass is 16.9. The lowest BCUT2D eigenvalue weighted by molar-refractivity contribution is -0.246. The molecule has 0 aromatic carbocycles. The van der Waals surface area contributed by atoms with Crippen molar-refractivity contribution in [2.24, 2.45) is 68.0 Å². The van der Waals surface area contributed by atoms with Crippen LogP contribution in [-0.2, 0) is 157 Å². The van der Waals surface area contributed by atoms with Crippen molar-refractivity contribution >= 4 is 71.6 Å². The van der Waals surface area contributed by atoms with E-state index in [1.807, 2.05) is 96.9 Å². The monoisotopic (exact) mass is 1970 g/mol. The van der Waals surface area contributed by atoms with Crippen LogP contribution in [0, 0.1) is 68.0 Å². The molecule has 35 heteroatoms. The number of cyclic esters (lactones) is 1. The molecule has 2 N–H and O–H groups in total. The van der Waals surface area contributed by atoms with Crippen molar-refractivity contribution in [1.29, 1.82) is 0 Å². The van der Waals surface area contributed by atoms with Gasteiger partial charge in [0.2, 0.25) is 30.5 Å². The molecule has 27 unspecified atom stereocenters. The number of aliphatic hydroxyl groups is 2. The average molecular weight is 1970 g/mol. The Kier molecular flexibility index (Phi) is 49.2. The molecular formula is C102H184O35. The van der Waals surface area contributed by atoms with Crippen LogP contribution in [0.1, 0.15) is 357 Å². The molecule has 12 aliphatic heterocycles. The van der Waals surface area contributed by atoms with Crippen LogP contribution in [0.2, 0.25) is 0 Å². The molecule has 27 atom stereocenters. The Morgan fingerprint density at radius 1 is 0.336 bits per heavy atom. The molecule has 12 heterocycles. The summed E-state index contributed by atoms with van der Waals surface area (Å²) in [6.45, 7) is 40.9. The Bertz CT molecular complexity index is 3860. The molecule has 137 heavy (non-hydrogen) atoms. The van der Waals surface area contributed by atoms with Gasteiger partial charge in [0.05, 0.1) is 58.2 Å². The van der Waals surface area contributed by atoms with Crippen molar-refractivity contribution in [3.05, 3.63) is 0 Å². The minimum absolute atomic E-state index is 0. The van der Waals surface area contributed by atoms with Gasteiger partial charge in [-0.15, -0.1) is 0 Å². The van der Waals surface area contributed by atoms with Gasteiger partial charge in [-0.25, -0.2) is 24.0 Å². The van der Waals surface area contributed by atoms with Crippen molar-refractivity contribution in [2.75, 3.05) is 13.7 Å². The van der Waals surface area contributed by atoms with Crippen LogP contribution in [0.5, 0.6) is 0 Å². The van der Waals surface area contributed by atoms with Crippen molar-refractivity contribution in [3.8, 4) is 0 Å². The van der Waals surface area contributed by atoms with Gasteiger partial charge in [-0.3, -0.25) is 33.6 Å².